The molecule has 8 nitrogen and oxygen atoms in total. The predicted molar refractivity (Wildman–Crippen MR) is 118 cm³/mol. The van der Waals surface area contributed by atoms with Crippen molar-refractivity contribution in [3.63, 3.8) is 0 Å². The molecule has 1 unspecified atom stereocenters. The van der Waals surface area contributed by atoms with Gasteiger partial charge in [0, 0.05) is 43.9 Å². The largest absolute Gasteiger partial charge is 0.372 e. The van der Waals surface area contributed by atoms with Crippen LogP contribution in [-0.4, -0.2) is 49.8 Å². The second-order valence-corrected chi connectivity index (χ2v) is 7.25. The van der Waals surface area contributed by atoms with E-state index in [0.717, 1.165) is 19.4 Å². The number of rotatable bonds is 6. The number of nitrogens with zero attached hydrogens (tertiary/aromatic N) is 2. The molecule has 1 saturated heterocycles. The molecular weight excluding hydrogens is 408 g/mol. The molecule has 2 aromatic carbocycles. The van der Waals surface area contributed by atoms with E-state index in [0.29, 0.717) is 12.2 Å². The van der Waals surface area contributed by atoms with E-state index in [1.165, 1.54) is 6.07 Å². The van der Waals surface area contributed by atoms with Crippen LogP contribution in [-0.2, 0) is 0 Å². The summed E-state index contributed by atoms with van der Waals surface area (Å²) in [6.45, 7) is 1.63. The number of nitro benzene ring substituents is 1. The minimum atomic E-state index is -0.513. The van der Waals surface area contributed by atoms with Gasteiger partial charge in [0.2, 0.25) is 0 Å². The van der Waals surface area contributed by atoms with Gasteiger partial charge in [-0.3, -0.25) is 19.7 Å². The predicted octanol–water partition coefficient (Wildman–Crippen LogP) is 2.80. The molecule has 1 fully saturated rings. The standard InChI is InChI=1S/C21H24N4O4.ClH/c1-24(2)18-10-9-14(12-19(18)25(28)29)20(26)16-7-3-4-8-17(16)21(27)23-15-6-5-11-22-13-15;/h3-4,7-10,12,15,22H,5-6,11,13H2,1-2H3,(H,23,27);1H. The van der Waals surface area contributed by atoms with Crippen LogP contribution in [0.5, 0.6) is 0 Å². The molecule has 9 heteroatoms. The molecule has 0 aromatic heterocycles. The highest BCUT2D eigenvalue weighted by molar-refractivity contribution is 6.15. The number of amides is 1. The quantitative estimate of drug-likeness (QED) is 0.413. The summed E-state index contributed by atoms with van der Waals surface area (Å²) in [5.74, 6) is -0.743. The van der Waals surface area contributed by atoms with Crippen LogP contribution in [0.1, 0.15) is 39.1 Å². The lowest BCUT2D eigenvalue weighted by atomic mass is 9.96. The summed E-state index contributed by atoms with van der Waals surface area (Å²) in [7, 11) is 3.40. The highest BCUT2D eigenvalue weighted by Crippen LogP contribution is 2.29. The van der Waals surface area contributed by atoms with E-state index in [1.807, 2.05) is 0 Å². The first-order valence-electron chi connectivity index (χ1n) is 9.49. The van der Waals surface area contributed by atoms with Crippen LogP contribution in [0, 0.1) is 10.1 Å². The van der Waals surface area contributed by atoms with E-state index in [-0.39, 0.29) is 46.7 Å². The normalized spacial score (nSPS) is 15.6. The van der Waals surface area contributed by atoms with Crippen LogP contribution in [0.2, 0.25) is 0 Å². The fraction of sp³-hybridized carbons (Fsp3) is 0.333. The Morgan fingerprint density at radius 3 is 2.47 bits per heavy atom. The van der Waals surface area contributed by atoms with E-state index in [9.17, 15) is 19.7 Å². The van der Waals surface area contributed by atoms with Crippen LogP contribution < -0.4 is 15.5 Å². The summed E-state index contributed by atoms with van der Waals surface area (Å²) in [5, 5.41) is 17.6. The number of ketones is 1. The van der Waals surface area contributed by atoms with Gasteiger partial charge in [-0.15, -0.1) is 12.4 Å². The molecule has 1 amide bonds. The molecule has 0 saturated carbocycles. The van der Waals surface area contributed by atoms with Gasteiger partial charge < -0.3 is 15.5 Å². The molecule has 160 valence electrons. The van der Waals surface area contributed by atoms with Crippen molar-refractivity contribution < 1.29 is 14.5 Å². The molecular formula is C21H25ClN4O4. The van der Waals surface area contributed by atoms with Gasteiger partial charge in [-0.2, -0.15) is 0 Å². The van der Waals surface area contributed by atoms with E-state index in [2.05, 4.69) is 10.6 Å². The van der Waals surface area contributed by atoms with E-state index >= 15 is 0 Å². The van der Waals surface area contributed by atoms with E-state index in [4.69, 9.17) is 0 Å². The molecule has 3 rings (SSSR count). The zero-order chi connectivity index (χ0) is 21.0. The Morgan fingerprint density at radius 1 is 1.17 bits per heavy atom. The Morgan fingerprint density at radius 2 is 1.87 bits per heavy atom. The average molecular weight is 433 g/mol. The lowest BCUT2D eigenvalue weighted by molar-refractivity contribution is -0.384. The smallest absolute Gasteiger partial charge is 0.293 e. The molecule has 2 N–H and O–H groups in total. The first-order valence-corrected chi connectivity index (χ1v) is 9.49. The Hall–Kier alpha value is -2.97. The number of nitro groups is 1. The van der Waals surface area contributed by atoms with Crippen molar-refractivity contribution in [2.45, 2.75) is 18.9 Å². The molecule has 1 aliphatic heterocycles. The summed E-state index contributed by atoms with van der Waals surface area (Å²) < 4.78 is 0. The van der Waals surface area contributed by atoms with Gasteiger partial charge in [0.05, 0.1) is 10.5 Å². The fourth-order valence-electron chi connectivity index (χ4n) is 3.46. The van der Waals surface area contributed by atoms with Crippen molar-refractivity contribution in [2.24, 2.45) is 0 Å². The Labute approximate surface area is 181 Å². The molecule has 0 radical (unpaired) electrons. The molecule has 0 aliphatic carbocycles. The summed E-state index contributed by atoms with van der Waals surface area (Å²) in [4.78, 5) is 38.4. The monoisotopic (exact) mass is 432 g/mol. The van der Waals surface area contributed by atoms with Crippen LogP contribution in [0.25, 0.3) is 0 Å². The van der Waals surface area contributed by atoms with Crippen molar-refractivity contribution in [1.29, 1.82) is 0 Å². The Balaban J connectivity index is 0.00000320. The number of piperidine rings is 1. The molecule has 0 bridgehead atoms. The van der Waals surface area contributed by atoms with Gasteiger partial charge in [-0.25, -0.2) is 0 Å². The number of carbonyl (C=O) groups is 2. The van der Waals surface area contributed by atoms with Crippen LogP contribution in [0.3, 0.4) is 0 Å². The highest BCUT2D eigenvalue weighted by Gasteiger charge is 2.24. The van der Waals surface area contributed by atoms with Crippen molar-refractivity contribution in [3.8, 4) is 0 Å². The second kappa shape index (κ2) is 10.2. The topological polar surface area (TPSA) is 105 Å². The van der Waals surface area contributed by atoms with Crippen LogP contribution >= 0.6 is 12.4 Å². The number of benzene rings is 2. The number of hydrogen-bond donors (Lipinski definition) is 2. The molecule has 1 aliphatic rings. The first-order chi connectivity index (χ1) is 13.9. The van der Waals surface area contributed by atoms with Crippen molar-refractivity contribution >= 4 is 35.5 Å². The number of anilines is 1. The maximum Gasteiger partial charge on any atom is 0.293 e. The van der Waals surface area contributed by atoms with Crippen LogP contribution in [0.15, 0.2) is 42.5 Å². The maximum absolute atomic E-state index is 13.1. The van der Waals surface area contributed by atoms with Gasteiger partial charge >= 0.3 is 0 Å². The second-order valence-electron chi connectivity index (χ2n) is 7.25. The number of nitrogens with one attached hydrogen (secondary N) is 2. The van der Waals surface area contributed by atoms with Crippen LogP contribution in [0.4, 0.5) is 11.4 Å². The zero-order valence-corrected chi connectivity index (χ0v) is 17.7. The number of halogens is 1. The van der Waals surface area contributed by atoms with Crippen molar-refractivity contribution in [1.82, 2.24) is 10.6 Å². The molecule has 30 heavy (non-hydrogen) atoms. The SMILES string of the molecule is CN(C)c1ccc(C(=O)c2ccccc2C(=O)NC2CCCNC2)cc1[N+](=O)[O-].Cl. The Bertz CT molecular complexity index is 942. The lowest BCUT2D eigenvalue weighted by Gasteiger charge is -2.24. The third-order valence-corrected chi connectivity index (χ3v) is 4.96. The minimum Gasteiger partial charge on any atom is -0.372 e. The zero-order valence-electron chi connectivity index (χ0n) is 16.9. The minimum absolute atomic E-state index is 0. The summed E-state index contributed by atoms with van der Waals surface area (Å²) in [5.41, 5.74) is 0.906. The van der Waals surface area contributed by atoms with Gasteiger partial charge in [-0.05, 0) is 37.6 Å². The van der Waals surface area contributed by atoms with Gasteiger partial charge in [-0.1, -0.05) is 18.2 Å². The summed E-state index contributed by atoms with van der Waals surface area (Å²) in [6, 6.07) is 10.9. The Kier molecular flexibility index (Phi) is 7.91. The summed E-state index contributed by atoms with van der Waals surface area (Å²) >= 11 is 0. The van der Waals surface area contributed by atoms with E-state index < -0.39 is 10.7 Å². The number of hydrogen-bond acceptors (Lipinski definition) is 6. The number of carbonyl (C=O) groups excluding carboxylic acids is 2. The molecule has 1 heterocycles. The average Bonchev–Trinajstić information content (AvgIpc) is 2.73. The first kappa shape index (κ1) is 23.3. The van der Waals surface area contributed by atoms with Crippen molar-refractivity contribution in [3.05, 3.63) is 69.3 Å². The lowest BCUT2D eigenvalue weighted by Crippen LogP contribution is -2.45. The summed E-state index contributed by atoms with van der Waals surface area (Å²) in [6.07, 6.45) is 1.86. The van der Waals surface area contributed by atoms with Gasteiger partial charge in [0.15, 0.2) is 5.78 Å². The molecule has 0 spiro atoms. The van der Waals surface area contributed by atoms with Gasteiger partial charge in [0.25, 0.3) is 11.6 Å². The molecule has 2 aromatic rings. The third kappa shape index (κ3) is 5.14. The maximum atomic E-state index is 13.1. The third-order valence-electron chi connectivity index (χ3n) is 4.96. The molecule has 1 atom stereocenters. The highest BCUT2D eigenvalue weighted by atomic mass is 35.5. The fourth-order valence-corrected chi connectivity index (χ4v) is 3.46. The van der Waals surface area contributed by atoms with Crippen molar-refractivity contribution in [2.75, 3.05) is 32.1 Å². The van der Waals surface area contributed by atoms with E-state index in [1.54, 1.807) is 55.4 Å². The van der Waals surface area contributed by atoms with Gasteiger partial charge in [0.1, 0.15) is 5.69 Å².